The van der Waals surface area contributed by atoms with Gasteiger partial charge in [-0.05, 0) is 23.1 Å². The number of carbonyl (C=O) groups excluding carboxylic acids is 1. The van der Waals surface area contributed by atoms with Crippen molar-refractivity contribution >= 4 is 16.9 Å². The maximum Gasteiger partial charge on any atom is 0.314 e. The molecule has 0 amide bonds. The van der Waals surface area contributed by atoms with Crippen LogP contribution in [0.5, 0.6) is 0 Å². The molecule has 84 valence electrons. The Morgan fingerprint density at radius 1 is 1.50 bits per heavy atom. The van der Waals surface area contributed by atoms with Crippen molar-refractivity contribution in [1.29, 1.82) is 0 Å². The molecule has 0 radical (unpaired) electrons. The molecule has 0 spiro atoms. The van der Waals surface area contributed by atoms with Crippen molar-refractivity contribution in [2.24, 2.45) is 5.73 Å². The topological polar surface area (TPSA) is 68.1 Å². The van der Waals surface area contributed by atoms with Crippen LogP contribution in [0.1, 0.15) is 11.5 Å². The number of hydrogen-bond donors (Lipinski definition) is 2. The van der Waals surface area contributed by atoms with Crippen molar-refractivity contribution < 1.29 is 9.53 Å². The van der Waals surface area contributed by atoms with E-state index in [4.69, 9.17) is 10.5 Å². The normalized spacial score (nSPS) is 12.6. The average molecular weight is 218 g/mol. The highest BCUT2D eigenvalue weighted by Crippen LogP contribution is 2.21. The molecule has 4 nitrogen and oxygen atoms in total. The fourth-order valence-corrected chi connectivity index (χ4v) is 1.79. The zero-order valence-electron chi connectivity index (χ0n) is 9.07. The third-order valence-electron chi connectivity index (χ3n) is 2.70. The number of methoxy groups -OCH3 is 1. The number of H-pyrrole nitrogens is 1. The molecule has 1 aromatic heterocycles. The summed E-state index contributed by atoms with van der Waals surface area (Å²) in [6.45, 7) is 0.249. The van der Waals surface area contributed by atoms with Crippen LogP contribution in [0.15, 0.2) is 30.5 Å². The molecule has 1 unspecified atom stereocenters. The molecule has 0 aliphatic heterocycles. The maximum absolute atomic E-state index is 11.5. The highest BCUT2D eigenvalue weighted by atomic mass is 16.5. The Kier molecular flexibility index (Phi) is 2.92. The van der Waals surface area contributed by atoms with Gasteiger partial charge in [0.25, 0.3) is 0 Å². The minimum absolute atomic E-state index is 0.249. The molecule has 0 aliphatic carbocycles. The molecular weight excluding hydrogens is 204 g/mol. The Morgan fingerprint density at radius 2 is 2.31 bits per heavy atom. The van der Waals surface area contributed by atoms with E-state index < -0.39 is 5.92 Å². The number of nitrogens with one attached hydrogen (secondary N) is 1. The fourth-order valence-electron chi connectivity index (χ4n) is 1.79. The molecule has 16 heavy (non-hydrogen) atoms. The lowest BCUT2D eigenvalue weighted by Gasteiger charge is -2.12. The number of rotatable bonds is 3. The first-order chi connectivity index (χ1) is 7.76. The van der Waals surface area contributed by atoms with Gasteiger partial charge in [-0.3, -0.25) is 4.79 Å². The highest BCUT2D eigenvalue weighted by Gasteiger charge is 2.19. The Bertz CT molecular complexity index is 504. The minimum atomic E-state index is -0.391. The average Bonchev–Trinajstić information content (AvgIpc) is 2.77. The lowest BCUT2D eigenvalue weighted by atomic mass is 9.98. The molecular formula is C12H14N2O2. The largest absolute Gasteiger partial charge is 0.469 e. The molecule has 0 aliphatic rings. The molecule has 2 rings (SSSR count). The van der Waals surface area contributed by atoms with Crippen molar-refractivity contribution in [3.8, 4) is 0 Å². The van der Waals surface area contributed by atoms with E-state index in [1.807, 2.05) is 30.5 Å². The first kappa shape index (κ1) is 10.7. The molecule has 0 fully saturated rings. The van der Waals surface area contributed by atoms with Gasteiger partial charge in [-0.25, -0.2) is 0 Å². The molecule has 0 bridgehead atoms. The Labute approximate surface area is 93.4 Å². The number of aromatic amines is 1. The summed E-state index contributed by atoms with van der Waals surface area (Å²) < 4.78 is 4.72. The predicted molar refractivity (Wildman–Crippen MR) is 62.1 cm³/mol. The summed E-state index contributed by atoms with van der Waals surface area (Å²) >= 11 is 0. The number of carbonyl (C=O) groups is 1. The Morgan fingerprint density at radius 3 is 3.00 bits per heavy atom. The summed E-state index contributed by atoms with van der Waals surface area (Å²) in [4.78, 5) is 14.6. The lowest BCUT2D eigenvalue weighted by Crippen LogP contribution is -2.22. The van der Waals surface area contributed by atoms with Gasteiger partial charge in [-0.1, -0.05) is 12.1 Å². The zero-order valence-corrected chi connectivity index (χ0v) is 9.07. The van der Waals surface area contributed by atoms with E-state index in [9.17, 15) is 4.79 Å². The van der Waals surface area contributed by atoms with E-state index in [-0.39, 0.29) is 12.5 Å². The molecule has 2 aromatic rings. The second-order valence-electron chi connectivity index (χ2n) is 3.64. The smallest absolute Gasteiger partial charge is 0.314 e. The summed E-state index contributed by atoms with van der Waals surface area (Å²) in [5.41, 5.74) is 7.47. The Balaban J connectivity index is 2.40. The van der Waals surface area contributed by atoms with E-state index in [0.717, 1.165) is 16.5 Å². The first-order valence-corrected chi connectivity index (χ1v) is 5.11. The third kappa shape index (κ3) is 1.79. The van der Waals surface area contributed by atoms with Crippen LogP contribution < -0.4 is 5.73 Å². The van der Waals surface area contributed by atoms with E-state index in [0.29, 0.717) is 0 Å². The molecule has 1 heterocycles. The van der Waals surface area contributed by atoms with Crippen LogP contribution in [-0.4, -0.2) is 24.6 Å². The predicted octanol–water partition coefficient (Wildman–Crippen LogP) is 1.38. The van der Waals surface area contributed by atoms with Gasteiger partial charge in [0.05, 0.1) is 13.0 Å². The SMILES string of the molecule is COC(=O)C(CN)c1ccc2cc[nH]c2c1. The number of nitrogens with two attached hydrogens (primary N) is 1. The fraction of sp³-hybridized carbons (Fsp3) is 0.250. The van der Waals surface area contributed by atoms with Crippen LogP contribution >= 0.6 is 0 Å². The number of esters is 1. The molecule has 3 N–H and O–H groups in total. The summed E-state index contributed by atoms with van der Waals surface area (Å²) in [7, 11) is 1.37. The van der Waals surface area contributed by atoms with Crippen LogP contribution in [0.2, 0.25) is 0 Å². The minimum Gasteiger partial charge on any atom is -0.469 e. The zero-order chi connectivity index (χ0) is 11.5. The first-order valence-electron chi connectivity index (χ1n) is 5.11. The van der Waals surface area contributed by atoms with Gasteiger partial charge >= 0.3 is 5.97 Å². The van der Waals surface area contributed by atoms with Crippen LogP contribution in [0.4, 0.5) is 0 Å². The quantitative estimate of drug-likeness (QED) is 0.765. The molecule has 0 saturated heterocycles. The third-order valence-corrected chi connectivity index (χ3v) is 2.70. The van der Waals surface area contributed by atoms with E-state index in [1.54, 1.807) is 0 Å². The Hall–Kier alpha value is -1.81. The molecule has 1 atom stereocenters. The van der Waals surface area contributed by atoms with Gasteiger partial charge in [0.15, 0.2) is 0 Å². The van der Waals surface area contributed by atoms with Gasteiger partial charge in [0.1, 0.15) is 0 Å². The van der Waals surface area contributed by atoms with E-state index >= 15 is 0 Å². The van der Waals surface area contributed by atoms with Crippen molar-refractivity contribution in [3.63, 3.8) is 0 Å². The van der Waals surface area contributed by atoms with Gasteiger partial charge in [0, 0.05) is 18.3 Å². The number of aromatic nitrogens is 1. The monoisotopic (exact) mass is 218 g/mol. The maximum atomic E-state index is 11.5. The number of benzene rings is 1. The van der Waals surface area contributed by atoms with E-state index in [1.165, 1.54) is 7.11 Å². The number of fused-ring (bicyclic) bond motifs is 1. The second kappa shape index (κ2) is 4.37. The van der Waals surface area contributed by atoms with Crippen molar-refractivity contribution in [2.45, 2.75) is 5.92 Å². The lowest BCUT2D eigenvalue weighted by molar-refractivity contribution is -0.142. The number of ether oxygens (including phenoxy) is 1. The molecule has 0 saturated carbocycles. The van der Waals surface area contributed by atoms with Gasteiger partial charge in [0.2, 0.25) is 0 Å². The van der Waals surface area contributed by atoms with Gasteiger partial charge < -0.3 is 15.5 Å². The van der Waals surface area contributed by atoms with Crippen LogP contribution in [0, 0.1) is 0 Å². The van der Waals surface area contributed by atoms with Crippen molar-refractivity contribution in [3.05, 3.63) is 36.0 Å². The van der Waals surface area contributed by atoms with Crippen molar-refractivity contribution in [1.82, 2.24) is 4.98 Å². The number of hydrogen-bond acceptors (Lipinski definition) is 3. The van der Waals surface area contributed by atoms with Crippen molar-refractivity contribution in [2.75, 3.05) is 13.7 Å². The molecule has 1 aromatic carbocycles. The van der Waals surface area contributed by atoms with Gasteiger partial charge in [-0.2, -0.15) is 0 Å². The van der Waals surface area contributed by atoms with Crippen LogP contribution in [0.25, 0.3) is 10.9 Å². The summed E-state index contributed by atoms with van der Waals surface area (Å²) in [5.74, 6) is -0.689. The molecule has 4 heteroatoms. The highest BCUT2D eigenvalue weighted by molar-refractivity contribution is 5.84. The summed E-state index contributed by atoms with van der Waals surface area (Å²) in [6, 6.07) is 7.79. The second-order valence-corrected chi connectivity index (χ2v) is 3.64. The van der Waals surface area contributed by atoms with Crippen LogP contribution in [0.3, 0.4) is 0 Å². The van der Waals surface area contributed by atoms with E-state index in [2.05, 4.69) is 4.98 Å². The standard InChI is InChI=1S/C12H14N2O2/c1-16-12(15)10(7-13)9-3-2-8-4-5-14-11(8)6-9/h2-6,10,14H,7,13H2,1H3. The van der Waals surface area contributed by atoms with Gasteiger partial charge in [-0.15, -0.1) is 0 Å². The summed E-state index contributed by atoms with van der Waals surface area (Å²) in [6.07, 6.45) is 1.87. The van der Waals surface area contributed by atoms with Crippen LogP contribution in [-0.2, 0) is 9.53 Å². The summed E-state index contributed by atoms with van der Waals surface area (Å²) in [5, 5.41) is 1.12.